The molecule has 4 aliphatic heterocycles. The van der Waals surface area contributed by atoms with Crippen molar-refractivity contribution in [1.29, 1.82) is 0 Å². The van der Waals surface area contributed by atoms with Gasteiger partial charge >= 0.3 is 0 Å². The van der Waals surface area contributed by atoms with E-state index >= 15 is 0 Å². The Morgan fingerprint density at radius 1 is 1.22 bits per heavy atom. The third kappa shape index (κ3) is 3.02. The molecular weight excluding hydrogens is 342 g/mol. The maximum absolute atomic E-state index is 6.33. The molecule has 3 fully saturated rings. The first-order valence-electron chi connectivity index (χ1n) is 9.43. The summed E-state index contributed by atoms with van der Waals surface area (Å²) >= 11 is 0. The van der Waals surface area contributed by atoms with Crippen molar-refractivity contribution in [3.05, 3.63) is 36.7 Å². The van der Waals surface area contributed by atoms with E-state index in [0.717, 1.165) is 30.1 Å². The summed E-state index contributed by atoms with van der Waals surface area (Å²) in [5.41, 5.74) is 1.65. The van der Waals surface area contributed by atoms with Gasteiger partial charge in [-0.15, -0.1) is 0 Å². The van der Waals surface area contributed by atoms with Crippen molar-refractivity contribution in [2.24, 2.45) is 10.9 Å². The lowest BCUT2D eigenvalue weighted by Gasteiger charge is -2.50. The molecule has 1 aromatic heterocycles. The molecular formula is C20H23N5O2. The second kappa shape index (κ2) is 6.49. The lowest BCUT2D eigenvalue weighted by molar-refractivity contribution is -0.0829. The van der Waals surface area contributed by atoms with Gasteiger partial charge in [0.15, 0.2) is 0 Å². The van der Waals surface area contributed by atoms with Crippen molar-refractivity contribution in [2.75, 3.05) is 38.6 Å². The number of benzene rings is 1. The number of nitrogens with one attached hydrogen (secondary N) is 1. The Kier molecular flexibility index (Phi) is 3.97. The van der Waals surface area contributed by atoms with Gasteiger partial charge in [0.2, 0.25) is 0 Å². The molecule has 0 radical (unpaired) electrons. The van der Waals surface area contributed by atoms with Gasteiger partial charge < -0.3 is 9.47 Å². The quantitative estimate of drug-likeness (QED) is 0.901. The average molecular weight is 365 g/mol. The number of methoxy groups -OCH3 is 1. The van der Waals surface area contributed by atoms with Crippen LogP contribution in [0.3, 0.4) is 0 Å². The minimum atomic E-state index is -0.151. The molecule has 0 amide bonds. The van der Waals surface area contributed by atoms with Crippen LogP contribution in [0.1, 0.15) is 12.8 Å². The molecule has 27 heavy (non-hydrogen) atoms. The summed E-state index contributed by atoms with van der Waals surface area (Å²) in [6, 6.07) is 10.3. The summed E-state index contributed by atoms with van der Waals surface area (Å²) < 4.78 is 11.6. The van der Waals surface area contributed by atoms with Crippen molar-refractivity contribution in [1.82, 2.24) is 14.9 Å². The number of ether oxygens (including phenoxy) is 2. The largest absolute Gasteiger partial charge is 0.497 e. The molecule has 2 aromatic rings. The first-order chi connectivity index (χ1) is 13.2. The van der Waals surface area contributed by atoms with Crippen LogP contribution in [0.25, 0.3) is 11.3 Å². The Hall–Kier alpha value is -2.67. The van der Waals surface area contributed by atoms with Crippen molar-refractivity contribution in [3.63, 3.8) is 0 Å². The predicted octanol–water partition coefficient (Wildman–Crippen LogP) is 2.41. The topological polar surface area (TPSA) is 71.9 Å². The summed E-state index contributed by atoms with van der Waals surface area (Å²) in [4.78, 5) is 15.8. The first-order valence-corrected chi connectivity index (χ1v) is 9.43. The molecule has 4 aliphatic rings. The van der Waals surface area contributed by atoms with Crippen LogP contribution in [0.15, 0.2) is 41.7 Å². The highest BCUT2D eigenvalue weighted by Gasteiger charge is 2.51. The van der Waals surface area contributed by atoms with E-state index in [4.69, 9.17) is 9.47 Å². The van der Waals surface area contributed by atoms with Gasteiger partial charge in [-0.3, -0.25) is 10.2 Å². The van der Waals surface area contributed by atoms with E-state index in [9.17, 15) is 0 Å². The number of anilines is 1. The van der Waals surface area contributed by atoms with Crippen LogP contribution >= 0.6 is 0 Å². The van der Waals surface area contributed by atoms with Crippen LogP contribution in [0.2, 0.25) is 0 Å². The zero-order chi connectivity index (χ0) is 18.3. The number of fused-ring (bicyclic) bond motifs is 2. The van der Waals surface area contributed by atoms with Crippen LogP contribution in [-0.4, -0.2) is 59.8 Å². The van der Waals surface area contributed by atoms with Gasteiger partial charge in [-0.1, -0.05) is 12.1 Å². The maximum atomic E-state index is 6.33. The van der Waals surface area contributed by atoms with E-state index in [2.05, 4.69) is 25.2 Å². The zero-order valence-corrected chi connectivity index (χ0v) is 15.4. The van der Waals surface area contributed by atoms with Crippen molar-refractivity contribution >= 4 is 11.8 Å². The molecule has 0 aliphatic carbocycles. The molecule has 1 N–H and O–H groups in total. The number of aromatic nitrogens is 2. The summed E-state index contributed by atoms with van der Waals surface area (Å²) in [5.74, 6) is 2.08. The van der Waals surface area contributed by atoms with E-state index in [0.29, 0.717) is 17.8 Å². The van der Waals surface area contributed by atoms with Gasteiger partial charge in [-0.2, -0.15) is 0 Å². The SMILES string of the molecule is COc1cccc(-c2cc(NC3=NCC4(CN5CCC4CC5)O3)ncn2)c1. The third-order valence-electron chi connectivity index (χ3n) is 5.88. The number of amidine groups is 1. The second-order valence-corrected chi connectivity index (χ2v) is 7.48. The molecule has 1 aromatic carbocycles. The van der Waals surface area contributed by atoms with Gasteiger partial charge in [0.05, 0.1) is 19.3 Å². The highest BCUT2D eigenvalue weighted by molar-refractivity contribution is 5.90. The monoisotopic (exact) mass is 365 g/mol. The van der Waals surface area contributed by atoms with Crippen LogP contribution in [0.4, 0.5) is 5.82 Å². The fourth-order valence-corrected chi connectivity index (χ4v) is 4.42. The van der Waals surface area contributed by atoms with Crippen molar-refractivity contribution in [3.8, 4) is 17.0 Å². The van der Waals surface area contributed by atoms with Gasteiger partial charge in [0.1, 0.15) is 23.5 Å². The maximum Gasteiger partial charge on any atom is 0.291 e. The summed E-state index contributed by atoms with van der Waals surface area (Å²) in [6.07, 6.45) is 3.96. The number of piperidine rings is 3. The number of nitrogens with zero attached hydrogens (tertiary/aromatic N) is 4. The molecule has 0 saturated carbocycles. The molecule has 1 spiro atoms. The number of aliphatic imine (C=N–C) groups is 1. The first kappa shape index (κ1) is 16.5. The van der Waals surface area contributed by atoms with Crippen molar-refractivity contribution in [2.45, 2.75) is 18.4 Å². The standard InChI is InChI=1S/C20H23N5O2/c1-26-16-4-2-3-14(9-16)17-10-18(23-13-22-17)24-19-21-11-20(27-19)12-25-7-5-15(20)6-8-25/h2-4,9-10,13,15H,5-8,11-12H2,1H3,(H,21,22,23,24). The normalized spacial score (nSPS) is 28.7. The smallest absolute Gasteiger partial charge is 0.291 e. The number of hydrogen-bond acceptors (Lipinski definition) is 7. The molecule has 140 valence electrons. The van der Waals surface area contributed by atoms with E-state index in [1.165, 1.54) is 25.9 Å². The molecule has 2 bridgehead atoms. The van der Waals surface area contributed by atoms with Gasteiger partial charge in [-0.05, 0) is 38.1 Å². The van der Waals surface area contributed by atoms with E-state index in [-0.39, 0.29) is 5.60 Å². The highest BCUT2D eigenvalue weighted by atomic mass is 16.5. The Labute approximate surface area is 158 Å². The van der Waals surface area contributed by atoms with Gasteiger partial charge in [0, 0.05) is 24.1 Å². The molecule has 1 atom stereocenters. The molecule has 5 heterocycles. The average Bonchev–Trinajstić information content (AvgIpc) is 3.11. The zero-order valence-electron chi connectivity index (χ0n) is 15.4. The van der Waals surface area contributed by atoms with E-state index in [1.54, 1.807) is 13.4 Å². The van der Waals surface area contributed by atoms with E-state index < -0.39 is 0 Å². The van der Waals surface area contributed by atoms with Crippen molar-refractivity contribution < 1.29 is 9.47 Å². The summed E-state index contributed by atoms with van der Waals surface area (Å²) in [6.45, 7) is 4.08. The Morgan fingerprint density at radius 2 is 2.11 bits per heavy atom. The minimum absolute atomic E-state index is 0.151. The molecule has 7 heteroatoms. The van der Waals surface area contributed by atoms with Crippen LogP contribution in [-0.2, 0) is 4.74 Å². The minimum Gasteiger partial charge on any atom is -0.497 e. The highest BCUT2D eigenvalue weighted by Crippen LogP contribution is 2.40. The number of hydrogen-bond donors (Lipinski definition) is 1. The Morgan fingerprint density at radius 3 is 2.89 bits per heavy atom. The second-order valence-electron chi connectivity index (χ2n) is 7.48. The molecule has 6 rings (SSSR count). The summed E-state index contributed by atoms with van der Waals surface area (Å²) in [5, 5.41) is 3.24. The fourth-order valence-electron chi connectivity index (χ4n) is 4.42. The summed E-state index contributed by atoms with van der Waals surface area (Å²) in [7, 11) is 1.66. The Bertz CT molecular complexity index is 878. The molecule has 3 saturated heterocycles. The van der Waals surface area contributed by atoms with Crippen LogP contribution < -0.4 is 10.1 Å². The Balaban J connectivity index is 1.32. The predicted molar refractivity (Wildman–Crippen MR) is 103 cm³/mol. The van der Waals surface area contributed by atoms with Crippen LogP contribution in [0.5, 0.6) is 5.75 Å². The molecule has 7 nitrogen and oxygen atoms in total. The third-order valence-corrected chi connectivity index (χ3v) is 5.88. The lowest BCUT2D eigenvalue weighted by Crippen LogP contribution is -2.61. The number of rotatable bonds is 3. The van der Waals surface area contributed by atoms with E-state index in [1.807, 2.05) is 30.3 Å². The fraction of sp³-hybridized carbons (Fsp3) is 0.450. The van der Waals surface area contributed by atoms with Gasteiger partial charge in [0.25, 0.3) is 6.02 Å². The van der Waals surface area contributed by atoms with Crippen LogP contribution in [0, 0.1) is 5.92 Å². The molecule has 1 unspecified atom stereocenters. The lowest BCUT2D eigenvalue weighted by atomic mass is 9.75. The van der Waals surface area contributed by atoms with Gasteiger partial charge in [-0.25, -0.2) is 15.0 Å².